The van der Waals surface area contributed by atoms with Crippen LogP contribution in [0.2, 0.25) is 0 Å². The second-order valence-electron chi connectivity index (χ2n) is 22.0. The van der Waals surface area contributed by atoms with Gasteiger partial charge in [-0.25, -0.2) is 0 Å². The molecule has 0 N–H and O–H groups in total. The molecule has 1 atom stereocenters. The van der Waals surface area contributed by atoms with Gasteiger partial charge in [-0.1, -0.05) is 298 Å². The third-order valence-corrected chi connectivity index (χ3v) is 14.4. The SMILES string of the molecule is CC/C=C\C/C=C\C/C=C\C/C=C\C/C=C\C/C=C\CCCCCCCCC(=O)OCC(COC(=O)CCCCCCC/C=C\CCCCC)OC(=O)CCCCCCCCCCCCCCCCCCCCCCCC. The molecule has 0 saturated carbocycles. The fraction of sp³-hybridized carbons (Fsp3) is 0.761. The third kappa shape index (κ3) is 63.3. The molecule has 0 aliphatic carbocycles. The van der Waals surface area contributed by atoms with Gasteiger partial charge in [0, 0.05) is 19.3 Å². The number of ether oxygens (including phenoxy) is 3. The third-order valence-electron chi connectivity index (χ3n) is 14.4. The fourth-order valence-corrected chi connectivity index (χ4v) is 9.44. The molecule has 0 bridgehead atoms. The van der Waals surface area contributed by atoms with Crippen LogP contribution in [0.15, 0.2) is 85.1 Å². The van der Waals surface area contributed by atoms with Crippen LogP contribution in [0.1, 0.15) is 329 Å². The molecule has 0 saturated heterocycles. The molecule has 0 aromatic carbocycles. The smallest absolute Gasteiger partial charge is 0.306 e. The topological polar surface area (TPSA) is 78.9 Å². The van der Waals surface area contributed by atoms with Gasteiger partial charge in [0.05, 0.1) is 0 Å². The summed E-state index contributed by atoms with van der Waals surface area (Å²) in [6.07, 6.45) is 86.0. The number of carbonyl (C=O) groups excluding carboxylic acids is 3. The Balaban J connectivity index is 4.31. The Morgan fingerprint density at radius 2 is 0.506 bits per heavy atom. The minimum atomic E-state index is -0.786. The molecular weight excluding hydrogens is 949 g/mol. The van der Waals surface area contributed by atoms with Crippen LogP contribution < -0.4 is 0 Å². The zero-order valence-electron chi connectivity index (χ0n) is 51.0. The Bertz CT molecular complexity index is 1470. The number of hydrogen-bond donors (Lipinski definition) is 0. The lowest BCUT2D eigenvalue weighted by Crippen LogP contribution is -2.30. The average molecular weight is 1070 g/mol. The van der Waals surface area contributed by atoms with Gasteiger partial charge in [-0.3, -0.25) is 14.4 Å². The van der Waals surface area contributed by atoms with E-state index in [2.05, 4.69) is 106 Å². The van der Waals surface area contributed by atoms with Crippen molar-refractivity contribution < 1.29 is 28.6 Å². The van der Waals surface area contributed by atoms with Crippen LogP contribution in [0.5, 0.6) is 0 Å². The van der Waals surface area contributed by atoms with Crippen LogP contribution in [-0.2, 0) is 28.6 Å². The molecule has 0 aliphatic heterocycles. The first-order chi connectivity index (χ1) is 38.0. The van der Waals surface area contributed by atoms with Gasteiger partial charge in [-0.05, 0) is 96.3 Å². The molecular formula is C71H124O6. The molecule has 0 spiro atoms. The van der Waals surface area contributed by atoms with Crippen LogP contribution in [0, 0.1) is 0 Å². The Morgan fingerprint density at radius 1 is 0.273 bits per heavy atom. The molecule has 0 aliphatic rings. The maximum absolute atomic E-state index is 12.9. The minimum absolute atomic E-state index is 0.0830. The van der Waals surface area contributed by atoms with Gasteiger partial charge < -0.3 is 14.2 Å². The van der Waals surface area contributed by atoms with Crippen molar-refractivity contribution in [2.45, 2.75) is 335 Å². The van der Waals surface area contributed by atoms with E-state index < -0.39 is 6.10 Å². The van der Waals surface area contributed by atoms with E-state index in [-0.39, 0.29) is 31.1 Å². The maximum atomic E-state index is 12.9. The van der Waals surface area contributed by atoms with Gasteiger partial charge in [-0.15, -0.1) is 0 Å². The fourth-order valence-electron chi connectivity index (χ4n) is 9.44. The van der Waals surface area contributed by atoms with Gasteiger partial charge in [0.1, 0.15) is 13.2 Å². The highest BCUT2D eigenvalue weighted by molar-refractivity contribution is 5.71. The largest absolute Gasteiger partial charge is 0.462 e. The highest BCUT2D eigenvalue weighted by Gasteiger charge is 2.19. The summed E-state index contributed by atoms with van der Waals surface area (Å²) in [5, 5.41) is 0. The second-order valence-corrected chi connectivity index (χ2v) is 22.0. The second kappa shape index (κ2) is 65.1. The van der Waals surface area contributed by atoms with Gasteiger partial charge in [0.25, 0.3) is 0 Å². The van der Waals surface area contributed by atoms with Crippen molar-refractivity contribution in [3.05, 3.63) is 85.1 Å². The molecule has 1 unspecified atom stereocenters. The summed E-state index contributed by atoms with van der Waals surface area (Å²) >= 11 is 0. The quantitative estimate of drug-likeness (QED) is 0.0261. The molecule has 444 valence electrons. The number of esters is 3. The van der Waals surface area contributed by atoms with Crippen LogP contribution >= 0.6 is 0 Å². The van der Waals surface area contributed by atoms with Crippen molar-refractivity contribution >= 4 is 17.9 Å². The molecule has 6 heteroatoms. The van der Waals surface area contributed by atoms with Gasteiger partial charge in [-0.2, -0.15) is 0 Å². The summed E-state index contributed by atoms with van der Waals surface area (Å²) < 4.78 is 16.9. The zero-order chi connectivity index (χ0) is 55.7. The highest BCUT2D eigenvalue weighted by atomic mass is 16.6. The van der Waals surface area contributed by atoms with Gasteiger partial charge >= 0.3 is 17.9 Å². The van der Waals surface area contributed by atoms with E-state index in [1.54, 1.807) is 0 Å². The number of rotatable bonds is 60. The highest BCUT2D eigenvalue weighted by Crippen LogP contribution is 2.17. The predicted molar refractivity (Wildman–Crippen MR) is 334 cm³/mol. The van der Waals surface area contributed by atoms with E-state index >= 15 is 0 Å². The Hall–Kier alpha value is -3.41. The van der Waals surface area contributed by atoms with Crippen molar-refractivity contribution in [2.75, 3.05) is 13.2 Å². The van der Waals surface area contributed by atoms with Crippen molar-refractivity contribution in [3.8, 4) is 0 Å². The van der Waals surface area contributed by atoms with E-state index in [1.165, 1.54) is 173 Å². The summed E-state index contributed by atoms with van der Waals surface area (Å²) in [5.74, 6) is -0.891. The van der Waals surface area contributed by atoms with Crippen LogP contribution in [0.25, 0.3) is 0 Å². The first-order valence-electron chi connectivity index (χ1n) is 33.1. The van der Waals surface area contributed by atoms with Crippen LogP contribution in [0.4, 0.5) is 0 Å². The summed E-state index contributed by atoms with van der Waals surface area (Å²) in [5.41, 5.74) is 0. The van der Waals surface area contributed by atoms with E-state index in [4.69, 9.17) is 14.2 Å². The van der Waals surface area contributed by atoms with Gasteiger partial charge in [0.15, 0.2) is 6.10 Å². The Labute approximate surface area is 477 Å². The van der Waals surface area contributed by atoms with Crippen molar-refractivity contribution in [1.82, 2.24) is 0 Å². The van der Waals surface area contributed by atoms with Gasteiger partial charge in [0.2, 0.25) is 0 Å². The lowest BCUT2D eigenvalue weighted by atomic mass is 10.0. The maximum Gasteiger partial charge on any atom is 0.306 e. The molecule has 0 aromatic rings. The minimum Gasteiger partial charge on any atom is -0.462 e. The lowest BCUT2D eigenvalue weighted by molar-refractivity contribution is -0.167. The van der Waals surface area contributed by atoms with E-state index in [0.29, 0.717) is 19.3 Å². The summed E-state index contributed by atoms with van der Waals surface area (Å²) in [6.45, 7) is 6.52. The Morgan fingerprint density at radius 3 is 0.831 bits per heavy atom. The monoisotopic (exact) mass is 1070 g/mol. The first-order valence-corrected chi connectivity index (χ1v) is 33.1. The van der Waals surface area contributed by atoms with Crippen LogP contribution in [-0.4, -0.2) is 37.2 Å². The number of carbonyl (C=O) groups is 3. The van der Waals surface area contributed by atoms with Crippen molar-refractivity contribution in [1.29, 1.82) is 0 Å². The zero-order valence-corrected chi connectivity index (χ0v) is 51.0. The van der Waals surface area contributed by atoms with Crippen molar-refractivity contribution in [2.24, 2.45) is 0 Å². The molecule has 0 amide bonds. The average Bonchev–Trinajstić information content (AvgIpc) is 3.43. The number of allylic oxidation sites excluding steroid dienone is 14. The summed E-state index contributed by atoms with van der Waals surface area (Å²) in [6, 6.07) is 0. The molecule has 0 heterocycles. The van der Waals surface area contributed by atoms with E-state index in [9.17, 15) is 14.4 Å². The van der Waals surface area contributed by atoms with E-state index in [1.807, 2.05) is 0 Å². The molecule has 77 heavy (non-hydrogen) atoms. The predicted octanol–water partition coefficient (Wildman–Crippen LogP) is 22.7. The molecule has 0 radical (unpaired) electrons. The van der Waals surface area contributed by atoms with Crippen molar-refractivity contribution in [3.63, 3.8) is 0 Å². The summed E-state index contributed by atoms with van der Waals surface area (Å²) in [4.78, 5) is 38.3. The molecule has 6 nitrogen and oxygen atoms in total. The lowest BCUT2D eigenvalue weighted by Gasteiger charge is -2.18. The first kappa shape index (κ1) is 73.6. The Kier molecular flexibility index (Phi) is 62.2. The number of unbranched alkanes of at least 4 members (excludes halogenated alkanes) is 35. The summed E-state index contributed by atoms with van der Waals surface area (Å²) in [7, 11) is 0. The standard InChI is InChI=1S/C71H124O6/c1-4-7-10-13-16-19-22-25-27-29-31-33-35-36-37-39-40-42-44-46-49-52-55-58-61-64-70(73)76-67-68(66-75-69(72)63-60-57-54-51-48-24-21-18-15-12-9-6-3)77-71(74)65-62-59-56-53-50-47-45-43-41-38-34-32-30-28-26-23-20-17-14-11-8-5-2/h7,10,16,18-19,21,25,27,31,33,36-37,40,42,68H,4-6,8-9,11-15,17,20,22-24,26,28-30,32,34-35,38-39,41,43-67H2,1-3H3/b10-7-,19-16-,21-18-,27-25-,33-31-,37-36-,42-40-. The normalized spacial score (nSPS) is 12.6. The molecule has 0 fully saturated rings. The van der Waals surface area contributed by atoms with E-state index in [0.717, 1.165) is 116 Å². The van der Waals surface area contributed by atoms with Crippen LogP contribution in [0.3, 0.4) is 0 Å². The molecule has 0 aromatic heterocycles. The molecule has 0 rings (SSSR count). The number of hydrogen-bond acceptors (Lipinski definition) is 6.